The molecule has 1 aliphatic rings. The zero-order valence-electron chi connectivity index (χ0n) is 7.36. The fourth-order valence-corrected chi connectivity index (χ4v) is 1.12. The quantitative estimate of drug-likeness (QED) is 0.640. The largest absolute Gasteiger partial charge is 0.493 e. The highest BCUT2D eigenvalue weighted by Crippen LogP contribution is 2.29. The molecule has 1 aromatic carbocycles. The van der Waals surface area contributed by atoms with Crippen molar-refractivity contribution in [1.82, 2.24) is 0 Å². The third-order valence-corrected chi connectivity index (χ3v) is 2.15. The molecule has 0 radical (unpaired) electrons. The van der Waals surface area contributed by atoms with Gasteiger partial charge in [0.1, 0.15) is 5.75 Å². The highest BCUT2D eigenvalue weighted by molar-refractivity contribution is 5.46. The first-order chi connectivity index (χ1) is 6.38. The number of ether oxygens (including phenoxy) is 1. The lowest BCUT2D eigenvalue weighted by Crippen LogP contribution is -1.98. The molecular weight excluding hydrogens is 162 g/mol. The molecule has 66 valence electrons. The maximum absolute atomic E-state index is 6.78. The van der Waals surface area contributed by atoms with E-state index in [4.69, 9.17) is 11.3 Å². The Kier molecular flexibility index (Phi) is 2.18. The van der Waals surface area contributed by atoms with Gasteiger partial charge in [-0.1, -0.05) is 12.1 Å². The second-order valence-corrected chi connectivity index (χ2v) is 3.36. The smallest absolute Gasteiger partial charge is 0.187 e. The molecule has 1 aliphatic carbocycles. The van der Waals surface area contributed by atoms with Crippen LogP contribution in [0.5, 0.6) is 5.75 Å². The molecule has 2 heteroatoms. The monoisotopic (exact) mass is 173 g/mol. The Morgan fingerprint density at radius 3 is 2.54 bits per heavy atom. The fourth-order valence-electron chi connectivity index (χ4n) is 1.12. The Bertz CT molecular complexity index is 319. The van der Waals surface area contributed by atoms with E-state index in [0.717, 1.165) is 18.3 Å². The van der Waals surface area contributed by atoms with Gasteiger partial charge in [-0.25, -0.2) is 4.85 Å². The van der Waals surface area contributed by atoms with Crippen LogP contribution < -0.4 is 4.74 Å². The summed E-state index contributed by atoms with van der Waals surface area (Å²) >= 11 is 0. The number of rotatable bonds is 3. The SMILES string of the molecule is [C-]#[N+]c1ccc(OCC2CC2)cc1. The van der Waals surface area contributed by atoms with Crippen LogP contribution in [0.2, 0.25) is 0 Å². The van der Waals surface area contributed by atoms with Gasteiger partial charge in [0.2, 0.25) is 0 Å². The summed E-state index contributed by atoms with van der Waals surface area (Å²) in [6, 6.07) is 7.29. The van der Waals surface area contributed by atoms with Crippen molar-refractivity contribution >= 4 is 5.69 Å². The second kappa shape index (κ2) is 3.49. The molecule has 1 aromatic rings. The summed E-state index contributed by atoms with van der Waals surface area (Å²) in [5, 5.41) is 0. The highest BCUT2D eigenvalue weighted by atomic mass is 16.5. The molecular formula is C11H11NO. The Labute approximate surface area is 78.0 Å². The number of nitrogens with zero attached hydrogens (tertiary/aromatic N) is 1. The molecule has 2 rings (SSSR count). The summed E-state index contributed by atoms with van der Waals surface area (Å²) in [5.41, 5.74) is 0.666. The average molecular weight is 173 g/mol. The number of benzene rings is 1. The van der Waals surface area contributed by atoms with Crippen molar-refractivity contribution in [1.29, 1.82) is 0 Å². The normalized spacial score (nSPS) is 15.0. The van der Waals surface area contributed by atoms with Gasteiger partial charge in [-0.05, 0) is 30.9 Å². The van der Waals surface area contributed by atoms with E-state index >= 15 is 0 Å². The summed E-state index contributed by atoms with van der Waals surface area (Å²) in [4.78, 5) is 3.31. The zero-order chi connectivity index (χ0) is 9.10. The van der Waals surface area contributed by atoms with E-state index < -0.39 is 0 Å². The molecule has 13 heavy (non-hydrogen) atoms. The van der Waals surface area contributed by atoms with E-state index in [1.165, 1.54) is 12.8 Å². The third kappa shape index (κ3) is 2.22. The van der Waals surface area contributed by atoms with Gasteiger partial charge in [-0.3, -0.25) is 0 Å². The van der Waals surface area contributed by atoms with Gasteiger partial charge in [0.25, 0.3) is 0 Å². The van der Waals surface area contributed by atoms with Gasteiger partial charge in [-0.2, -0.15) is 0 Å². The standard InChI is InChI=1S/C11H11NO/c1-12-10-4-6-11(7-5-10)13-8-9-2-3-9/h4-7,9H,2-3,8H2. The first-order valence-corrected chi connectivity index (χ1v) is 4.49. The van der Waals surface area contributed by atoms with E-state index in [1.54, 1.807) is 12.1 Å². The van der Waals surface area contributed by atoms with Gasteiger partial charge in [0.15, 0.2) is 5.69 Å². The molecule has 1 fully saturated rings. The van der Waals surface area contributed by atoms with Crippen LogP contribution in [-0.2, 0) is 0 Å². The zero-order valence-corrected chi connectivity index (χ0v) is 7.36. The second-order valence-electron chi connectivity index (χ2n) is 3.36. The van der Waals surface area contributed by atoms with Crippen molar-refractivity contribution < 1.29 is 4.74 Å². The van der Waals surface area contributed by atoms with Crippen LogP contribution in [0.15, 0.2) is 24.3 Å². The third-order valence-electron chi connectivity index (χ3n) is 2.15. The van der Waals surface area contributed by atoms with E-state index in [9.17, 15) is 0 Å². The number of hydrogen-bond donors (Lipinski definition) is 0. The van der Waals surface area contributed by atoms with Gasteiger partial charge in [0, 0.05) is 0 Å². The van der Waals surface area contributed by atoms with E-state index in [0.29, 0.717) is 5.69 Å². The summed E-state index contributed by atoms with van der Waals surface area (Å²) in [7, 11) is 0. The Morgan fingerprint density at radius 2 is 2.00 bits per heavy atom. The minimum Gasteiger partial charge on any atom is -0.493 e. The molecule has 0 saturated heterocycles. The van der Waals surface area contributed by atoms with Crippen LogP contribution in [0.3, 0.4) is 0 Å². The van der Waals surface area contributed by atoms with Crippen LogP contribution in [0.1, 0.15) is 12.8 Å². The minimum atomic E-state index is 0.666. The summed E-state index contributed by atoms with van der Waals surface area (Å²) in [5.74, 6) is 1.65. The average Bonchev–Trinajstić information content (AvgIpc) is 2.99. The Morgan fingerprint density at radius 1 is 1.31 bits per heavy atom. The van der Waals surface area contributed by atoms with E-state index in [-0.39, 0.29) is 0 Å². The van der Waals surface area contributed by atoms with Crippen molar-refractivity contribution in [2.24, 2.45) is 5.92 Å². The molecule has 0 unspecified atom stereocenters. The van der Waals surface area contributed by atoms with Crippen LogP contribution in [0.4, 0.5) is 5.69 Å². The van der Waals surface area contributed by atoms with Crippen molar-refractivity contribution in [2.75, 3.05) is 6.61 Å². The van der Waals surface area contributed by atoms with Crippen molar-refractivity contribution in [3.63, 3.8) is 0 Å². The predicted molar refractivity (Wildman–Crippen MR) is 50.9 cm³/mol. The van der Waals surface area contributed by atoms with Crippen LogP contribution in [-0.4, -0.2) is 6.61 Å². The Balaban J connectivity index is 1.93. The summed E-state index contributed by atoms with van der Waals surface area (Å²) in [6.07, 6.45) is 2.61. The first-order valence-electron chi connectivity index (χ1n) is 4.49. The van der Waals surface area contributed by atoms with E-state index in [1.807, 2.05) is 12.1 Å². The van der Waals surface area contributed by atoms with E-state index in [2.05, 4.69) is 4.85 Å². The fraction of sp³-hybridized carbons (Fsp3) is 0.364. The number of hydrogen-bond acceptors (Lipinski definition) is 1. The van der Waals surface area contributed by atoms with Gasteiger partial charge in [0.05, 0.1) is 13.2 Å². The molecule has 2 nitrogen and oxygen atoms in total. The molecule has 1 saturated carbocycles. The maximum Gasteiger partial charge on any atom is 0.187 e. The summed E-state index contributed by atoms with van der Waals surface area (Å²) in [6.45, 7) is 7.61. The van der Waals surface area contributed by atoms with Gasteiger partial charge in [-0.15, -0.1) is 0 Å². The van der Waals surface area contributed by atoms with Crippen LogP contribution in [0.25, 0.3) is 4.85 Å². The molecule has 0 atom stereocenters. The highest BCUT2D eigenvalue weighted by Gasteiger charge is 2.21. The molecule has 0 N–H and O–H groups in total. The predicted octanol–water partition coefficient (Wildman–Crippen LogP) is 3.03. The lowest BCUT2D eigenvalue weighted by Gasteiger charge is -2.03. The molecule has 0 bridgehead atoms. The van der Waals surface area contributed by atoms with Crippen molar-refractivity contribution in [3.05, 3.63) is 35.7 Å². The maximum atomic E-state index is 6.78. The van der Waals surface area contributed by atoms with Crippen LogP contribution >= 0.6 is 0 Å². The van der Waals surface area contributed by atoms with Crippen molar-refractivity contribution in [3.8, 4) is 5.75 Å². The topological polar surface area (TPSA) is 13.6 Å². The molecule has 0 amide bonds. The molecule has 0 aliphatic heterocycles. The molecule has 0 heterocycles. The first kappa shape index (κ1) is 8.12. The van der Waals surface area contributed by atoms with Crippen molar-refractivity contribution in [2.45, 2.75) is 12.8 Å². The lowest BCUT2D eigenvalue weighted by molar-refractivity contribution is 0.300. The van der Waals surface area contributed by atoms with Gasteiger partial charge < -0.3 is 4.74 Å². The minimum absolute atomic E-state index is 0.666. The van der Waals surface area contributed by atoms with Gasteiger partial charge >= 0.3 is 0 Å². The van der Waals surface area contributed by atoms with Crippen LogP contribution in [0, 0.1) is 12.5 Å². The summed E-state index contributed by atoms with van der Waals surface area (Å²) < 4.78 is 5.53. The molecule has 0 aromatic heterocycles. The lowest BCUT2D eigenvalue weighted by atomic mass is 10.3. The molecule has 0 spiro atoms. The Hall–Kier alpha value is -1.49.